The Labute approximate surface area is 122 Å². The zero-order chi connectivity index (χ0) is 13.4. The number of fused-ring (bicyclic) bond motifs is 1. The first kappa shape index (κ1) is 12.7. The monoisotopic (exact) mass is 319 g/mol. The molecule has 100 valence electrons. The van der Waals surface area contributed by atoms with Crippen molar-refractivity contribution in [2.24, 2.45) is 0 Å². The molecule has 3 nitrogen and oxygen atoms in total. The van der Waals surface area contributed by atoms with Crippen LogP contribution in [0.15, 0.2) is 35.1 Å². The van der Waals surface area contributed by atoms with Crippen molar-refractivity contribution >= 4 is 21.6 Å². The molecule has 3 rings (SSSR count). The Morgan fingerprint density at radius 1 is 1.42 bits per heavy atom. The van der Waals surface area contributed by atoms with Crippen LogP contribution >= 0.6 is 15.9 Å². The van der Waals surface area contributed by atoms with Gasteiger partial charge in [0.25, 0.3) is 0 Å². The summed E-state index contributed by atoms with van der Waals surface area (Å²) in [7, 11) is 0. The minimum atomic E-state index is 0.405. The smallest absolute Gasteiger partial charge is 0.0731 e. The lowest BCUT2D eigenvalue weighted by atomic mass is 10.1. The van der Waals surface area contributed by atoms with E-state index in [0.29, 0.717) is 12.1 Å². The summed E-state index contributed by atoms with van der Waals surface area (Å²) >= 11 is 3.54. The van der Waals surface area contributed by atoms with Gasteiger partial charge >= 0.3 is 0 Å². The van der Waals surface area contributed by atoms with Gasteiger partial charge in [0.05, 0.1) is 17.9 Å². The number of benzene rings is 1. The zero-order valence-electron chi connectivity index (χ0n) is 11.2. The van der Waals surface area contributed by atoms with E-state index in [1.165, 1.54) is 15.6 Å². The summed E-state index contributed by atoms with van der Waals surface area (Å²) in [6.07, 6.45) is 6.29. The van der Waals surface area contributed by atoms with Crippen LogP contribution < -0.4 is 5.32 Å². The number of hydrogen-bond acceptors (Lipinski definition) is 2. The maximum Gasteiger partial charge on any atom is 0.0731 e. The molecule has 0 aliphatic heterocycles. The van der Waals surface area contributed by atoms with Crippen LogP contribution in [0.3, 0.4) is 0 Å². The van der Waals surface area contributed by atoms with E-state index in [4.69, 9.17) is 0 Å². The van der Waals surface area contributed by atoms with Gasteiger partial charge in [-0.3, -0.25) is 4.68 Å². The highest BCUT2D eigenvalue weighted by Gasteiger charge is 2.22. The van der Waals surface area contributed by atoms with Crippen molar-refractivity contribution in [3.8, 4) is 0 Å². The summed E-state index contributed by atoms with van der Waals surface area (Å²) in [6.45, 7) is 4.28. The first-order valence-electron chi connectivity index (χ1n) is 6.72. The molecular weight excluding hydrogens is 302 g/mol. The molecule has 1 aliphatic rings. The van der Waals surface area contributed by atoms with Gasteiger partial charge in [0, 0.05) is 16.7 Å². The van der Waals surface area contributed by atoms with E-state index in [9.17, 15) is 0 Å². The lowest BCUT2D eigenvalue weighted by molar-refractivity contribution is 0.532. The third-order valence-corrected chi connectivity index (χ3v) is 4.15. The fourth-order valence-electron chi connectivity index (χ4n) is 2.63. The number of anilines is 1. The molecule has 0 bridgehead atoms. The van der Waals surface area contributed by atoms with Crippen LogP contribution in [0.25, 0.3) is 0 Å². The van der Waals surface area contributed by atoms with Gasteiger partial charge in [-0.1, -0.05) is 22.0 Å². The third-order valence-electron chi connectivity index (χ3n) is 3.65. The molecule has 1 unspecified atom stereocenters. The van der Waals surface area contributed by atoms with Crippen LogP contribution in [0, 0.1) is 0 Å². The molecule has 1 aromatic heterocycles. The summed E-state index contributed by atoms with van der Waals surface area (Å²) in [4.78, 5) is 0. The Hall–Kier alpha value is -1.29. The number of halogens is 1. The summed E-state index contributed by atoms with van der Waals surface area (Å²) < 4.78 is 3.15. The Morgan fingerprint density at radius 2 is 2.26 bits per heavy atom. The second kappa shape index (κ2) is 5.00. The van der Waals surface area contributed by atoms with Gasteiger partial charge in [-0.25, -0.2) is 0 Å². The predicted octanol–water partition coefficient (Wildman–Crippen LogP) is 4.33. The quantitative estimate of drug-likeness (QED) is 0.912. The van der Waals surface area contributed by atoms with Gasteiger partial charge < -0.3 is 5.32 Å². The number of rotatable bonds is 3. The van der Waals surface area contributed by atoms with Crippen LogP contribution in [0.1, 0.15) is 43.5 Å². The van der Waals surface area contributed by atoms with E-state index in [-0.39, 0.29) is 0 Å². The molecule has 1 heterocycles. The van der Waals surface area contributed by atoms with Gasteiger partial charge in [-0.2, -0.15) is 5.10 Å². The molecular formula is C15H18BrN3. The van der Waals surface area contributed by atoms with Gasteiger partial charge in [0.15, 0.2) is 0 Å². The molecule has 19 heavy (non-hydrogen) atoms. The molecule has 4 heteroatoms. The molecule has 0 radical (unpaired) electrons. The Kier molecular flexibility index (Phi) is 3.35. The van der Waals surface area contributed by atoms with Crippen LogP contribution in [0.2, 0.25) is 0 Å². The second-order valence-corrected chi connectivity index (χ2v) is 6.30. The summed E-state index contributed by atoms with van der Waals surface area (Å²) in [5.74, 6) is 0. The molecule has 0 amide bonds. The summed E-state index contributed by atoms with van der Waals surface area (Å²) in [6, 6.07) is 7.39. The van der Waals surface area contributed by atoms with Gasteiger partial charge in [-0.15, -0.1) is 0 Å². The van der Waals surface area contributed by atoms with Crippen LogP contribution in [-0.4, -0.2) is 9.78 Å². The third kappa shape index (κ3) is 2.54. The van der Waals surface area contributed by atoms with Crippen LogP contribution in [-0.2, 0) is 6.42 Å². The lowest BCUT2D eigenvalue weighted by Crippen LogP contribution is -2.06. The van der Waals surface area contributed by atoms with Crippen LogP contribution in [0.4, 0.5) is 5.69 Å². The summed E-state index contributed by atoms with van der Waals surface area (Å²) in [5.41, 5.74) is 3.97. The standard InChI is InChI=1S/C15H18BrN3/c1-10(2)19-9-13(8-17-19)18-15-6-3-11-7-12(16)4-5-14(11)15/h4-5,7-10,15,18H,3,6H2,1-2H3. The lowest BCUT2D eigenvalue weighted by Gasteiger charge is -2.14. The molecule has 0 fully saturated rings. The molecule has 0 saturated carbocycles. The van der Waals surface area contributed by atoms with E-state index < -0.39 is 0 Å². The van der Waals surface area contributed by atoms with E-state index in [1.54, 1.807) is 0 Å². The van der Waals surface area contributed by atoms with Gasteiger partial charge in [0.1, 0.15) is 0 Å². The molecule has 0 saturated heterocycles. The minimum absolute atomic E-state index is 0.405. The highest BCUT2D eigenvalue weighted by Crippen LogP contribution is 2.35. The first-order valence-corrected chi connectivity index (χ1v) is 7.52. The maximum atomic E-state index is 4.37. The van der Waals surface area contributed by atoms with Gasteiger partial charge in [0.2, 0.25) is 0 Å². The van der Waals surface area contributed by atoms with Crippen molar-refractivity contribution in [1.29, 1.82) is 0 Å². The minimum Gasteiger partial charge on any atom is -0.376 e. The SMILES string of the molecule is CC(C)n1cc(NC2CCc3cc(Br)ccc32)cn1. The number of nitrogens with one attached hydrogen (secondary N) is 1. The van der Waals surface area contributed by atoms with Crippen molar-refractivity contribution in [2.45, 2.75) is 38.8 Å². The molecule has 1 atom stereocenters. The molecule has 1 aliphatic carbocycles. The Morgan fingerprint density at radius 3 is 3.00 bits per heavy atom. The average Bonchev–Trinajstić information content (AvgIpc) is 2.97. The molecule has 2 aromatic rings. The molecule has 0 spiro atoms. The average molecular weight is 320 g/mol. The van der Waals surface area contributed by atoms with Crippen molar-refractivity contribution in [1.82, 2.24) is 9.78 Å². The van der Waals surface area contributed by atoms with Crippen molar-refractivity contribution < 1.29 is 0 Å². The van der Waals surface area contributed by atoms with Crippen molar-refractivity contribution in [3.05, 3.63) is 46.2 Å². The van der Waals surface area contributed by atoms with Crippen molar-refractivity contribution in [3.63, 3.8) is 0 Å². The normalized spacial score (nSPS) is 17.8. The number of hydrogen-bond donors (Lipinski definition) is 1. The number of aryl methyl sites for hydroxylation is 1. The first-order chi connectivity index (χ1) is 9.13. The van der Waals surface area contributed by atoms with Gasteiger partial charge in [-0.05, 0) is 49.9 Å². The summed E-state index contributed by atoms with van der Waals surface area (Å²) in [5, 5.41) is 7.97. The fourth-order valence-corrected chi connectivity index (χ4v) is 3.04. The second-order valence-electron chi connectivity index (χ2n) is 5.38. The Balaban J connectivity index is 1.78. The number of nitrogens with zero attached hydrogens (tertiary/aromatic N) is 2. The zero-order valence-corrected chi connectivity index (χ0v) is 12.8. The fraction of sp³-hybridized carbons (Fsp3) is 0.400. The van der Waals surface area contributed by atoms with Crippen molar-refractivity contribution in [2.75, 3.05) is 5.32 Å². The van der Waals surface area contributed by atoms with E-state index in [0.717, 1.165) is 18.5 Å². The van der Waals surface area contributed by atoms with E-state index in [1.807, 2.05) is 10.9 Å². The topological polar surface area (TPSA) is 29.9 Å². The van der Waals surface area contributed by atoms with E-state index >= 15 is 0 Å². The largest absolute Gasteiger partial charge is 0.376 e. The maximum absolute atomic E-state index is 4.37. The van der Waals surface area contributed by atoms with E-state index in [2.05, 4.69) is 64.6 Å². The number of aromatic nitrogens is 2. The highest BCUT2D eigenvalue weighted by atomic mass is 79.9. The predicted molar refractivity (Wildman–Crippen MR) is 81.4 cm³/mol. The highest BCUT2D eigenvalue weighted by molar-refractivity contribution is 9.10. The van der Waals surface area contributed by atoms with Crippen LogP contribution in [0.5, 0.6) is 0 Å². The molecule has 1 N–H and O–H groups in total. The molecule has 1 aromatic carbocycles. The Bertz CT molecular complexity index is 589.